The molecule has 0 aromatic carbocycles. The molecule has 1 unspecified atom stereocenters. The van der Waals surface area contributed by atoms with Crippen LogP contribution in [0.5, 0.6) is 0 Å². The summed E-state index contributed by atoms with van der Waals surface area (Å²) >= 11 is 0. The van der Waals surface area contributed by atoms with E-state index >= 15 is 0 Å². The van der Waals surface area contributed by atoms with Crippen LogP contribution < -0.4 is 5.56 Å². The van der Waals surface area contributed by atoms with Crippen molar-refractivity contribution in [2.45, 2.75) is 19.5 Å². The van der Waals surface area contributed by atoms with Crippen LogP contribution in [-0.4, -0.2) is 21.7 Å². The van der Waals surface area contributed by atoms with Crippen LogP contribution in [0.1, 0.15) is 17.3 Å². The summed E-state index contributed by atoms with van der Waals surface area (Å²) in [6, 6.07) is 2.29. The molecule has 16 heavy (non-hydrogen) atoms. The molecule has 7 heteroatoms. The smallest absolute Gasteiger partial charge is 0.341 e. The Morgan fingerprint density at radius 3 is 3.00 bits per heavy atom. The number of pyridine rings is 1. The highest BCUT2D eigenvalue weighted by Crippen LogP contribution is 1.97. The molecule has 0 radical (unpaired) electrons. The van der Waals surface area contributed by atoms with Crippen molar-refractivity contribution in [2.24, 2.45) is 5.11 Å². The van der Waals surface area contributed by atoms with Gasteiger partial charge in [0.25, 0.3) is 5.56 Å². The van der Waals surface area contributed by atoms with Crippen LogP contribution in [0.2, 0.25) is 0 Å². The van der Waals surface area contributed by atoms with E-state index in [1.807, 2.05) is 0 Å². The maximum atomic E-state index is 11.6. The standard InChI is InChI=1S/C9H10N4O3/c1-6(11-12-10)5-13-4-2-3-7(8(13)14)9(15)16/h2-4,6H,5H2,1H3,(H,15,16). The molecule has 1 aromatic rings. The lowest BCUT2D eigenvalue weighted by Gasteiger charge is -2.08. The summed E-state index contributed by atoms with van der Waals surface area (Å²) < 4.78 is 1.21. The zero-order valence-electron chi connectivity index (χ0n) is 8.57. The first-order valence-corrected chi connectivity index (χ1v) is 4.53. The van der Waals surface area contributed by atoms with Gasteiger partial charge in [-0.05, 0) is 17.7 Å². The summed E-state index contributed by atoms with van der Waals surface area (Å²) in [6.07, 6.45) is 1.46. The number of aromatic nitrogens is 1. The van der Waals surface area contributed by atoms with Gasteiger partial charge in [0.2, 0.25) is 0 Å². The Morgan fingerprint density at radius 2 is 2.44 bits per heavy atom. The first-order chi connectivity index (χ1) is 7.56. The van der Waals surface area contributed by atoms with Gasteiger partial charge in [-0.3, -0.25) is 4.79 Å². The van der Waals surface area contributed by atoms with E-state index in [1.54, 1.807) is 6.92 Å². The lowest BCUT2D eigenvalue weighted by atomic mass is 10.2. The molecule has 0 aliphatic rings. The monoisotopic (exact) mass is 222 g/mol. The van der Waals surface area contributed by atoms with Gasteiger partial charge in [0, 0.05) is 17.7 Å². The molecular formula is C9H10N4O3. The van der Waals surface area contributed by atoms with E-state index in [0.29, 0.717) is 0 Å². The van der Waals surface area contributed by atoms with Crippen molar-refractivity contribution in [1.29, 1.82) is 0 Å². The van der Waals surface area contributed by atoms with Gasteiger partial charge in [0.1, 0.15) is 5.56 Å². The topological polar surface area (TPSA) is 108 Å². The third-order valence-corrected chi connectivity index (χ3v) is 1.96. The van der Waals surface area contributed by atoms with Gasteiger partial charge >= 0.3 is 5.97 Å². The minimum Gasteiger partial charge on any atom is -0.477 e. The quantitative estimate of drug-likeness (QED) is 0.470. The second-order valence-electron chi connectivity index (χ2n) is 3.24. The summed E-state index contributed by atoms with van der Waals surface area (Å²) in [6.45, 7) is 1.80. The summed E-state index contributed by atoms with van der Waals surface area (Å²) in [5, 5.41) is 12.1. The van der Waals surface area contributed by atoms with Gasteiger partial charge in [0.15, 0.2) is 0 Å². The molecule has 1 N–H and O–H groups in total. The van der Waals surface area contributed by atoms with Crippen molar-refractivity contribution < 1.29 is 9.90 Å². The summed E-state index contributed by atoms with van der Waals surface area (Å²) in [7, 11) is 0. The number of carbonyl (C=O) groups is 1. The number of nitrogens with zero attached hydrogens (tertiary/aromatic N) is 4. The first-order valence-electron chi connectivity index (χ1n) is 4.53. The number of hydrogen-bond donors (Lipinski definition) is 1. The normalized spacial score (nSPS) is 11.6. The molecule has 0 amide bonds. The van der Waals surface area contributed by atoms with E-state index in [9.17, 15) is 9.59 Å². The Kier molecular flexibility index (Phi) is 3.68. The van der Waals surface area contributed by atoms with E-state index in [-0.39, 0.29) is 12.1 Å². The van der Waals surface area contributed by atoms with Crippen LogP contribution in [0.15, 0.2) is 28.2 Å². The van der Waals surface area contributed by atoms with E-state index in [0.717, 1.165) is 0 Å². The molecule has 1 atom stereocenters. The Bertz CT molecular complexity index is 502. The lowest BCUT2D eigenvalue weighted by molar-refractivity contribution is 0.0694. The second kappa shape index (κ2) is 4.99. The molecule has 0 aliphatic heterocycles. The average molecular weight is 222 g/mol. The molecule has 1 rings (SSSR count). The Hall–Kier alpha value is -2.27. The van der Waals surface area contributed by atoms with Crippen LogP contribution in [0, 0.1) is 0 Å². The van der Waals surface area contributed by atoms with E-state index < -0.39 is 17.6 Å². The van der Waals surface area contributed by atoms with Gasteiger partial charge < -0.3 is 9.67 Å². The maximum absolute atomic E-state index is 11.6. The summed E-state index contributed by atoms with van der Waals surface area (Å²) in [5.74, 6) is -1.27. The number of carboxylic acids is 1. The molecule has 0 aliphatic carbocycles. The number of azide groups is 1. The zero-order chi connectivity index (χ0) is 12.1. The van der Waals surface area contributed by atoms with Gasteiger partial charge in [-0.15, -0.1) is 0 Å². The average Bonchev–Trinajstić information content (AvgIpc) is 2.21. The zero-order valence-corrected chi connectivity index (χ0v) is 8.57. The fourth-order valence-electron chi connectivity index (χ4n) is 1.25. The minimum atomic E-state index is -1.27. The fraction of sp³-hybridized carbons (Fsp3) is 0.333. The molecule has 0 saturated carbocycles. The van der Waals surface area contributed by atoms with Crippen molar-refractivity contribution in [2.75, 3.05) is 0 Å². The van der Waals surface area contributed by atoms with Crippen molar-refractivity contribution >= 4 is 5.97 Å². The van der Waals surface area contributed by atoms with E-state index in [4.69, 9.17) is 10.6 Å². The van der Waals surface area contributed by atoms with Crippen molar-refractivity contribution in [3.63, 3.8) is 0 Å². The number of carboxylic acid groups (broad SMARTS) is 1. The van der Waals surface area contributed by atoms with Crippen LogP contribution in [0.3, 0.4) is 0 Å². The third-order valence-electron chi connectivity index (χ3n) is 1.96. The van der Waals surface area contributed by atoms with E-state index in [2.05, 4.69) is 10.0 Å². The van der Waals surface area contributed by atoms with Crippen LogP contribution in [0.25, 0.3) is 10.4 Å². The predicted octanol–water partition coefficient (Wildman–Crippen LogP) is 1.25. The molecule has 84 valence electrons. The van der Waals surface area contributed by atoms with Crippen LogP contribution >= 0.6 is 0 Å². The first kappa shape index (κ1) is 11.8. The summed E-state index contributed by atoms with van der Waals surface area (Å²) in [4.78, 5) is 24.9. The molecule has 0 bridgehead atoms. The number of rotatable bonds is 4. The number of aromatic carboxylic acids is 1. The predicted molar refractivity (Wildman–Crippen MR) is 56.3 cm³/mol. The van der Waals surface area contributed by atoms with Crippen molar-refractivity contribution in [3.8, 4) is 0 Å². The van der Waals surface area contributed by atoms with Crippen LogP contribution in [0.4, 0.5) is 0 Å². The van der Waals surface area contributed by atoms with Crippen molar-refractivity contribution in [3.05, 3.63) is 44.7 Å². The highest BCUT2D eigenvalue weighted by molar-refractivity contribution is 5.86. The van der Waals surface area contributed by atoms with E-state index in [1.165, 1.54) is 22.9 Å². The Balaban J connectivity index is 3.07. The van der Waals surface area contributed by atoms with Crippen LogP contribution in [-0.2, 0) is 6.54 Å². The highest BCUT2D eigenvalue weighted by Gasteiger charge is 2.11. The highest BCUT2D eigenvalue weighted by atomic mass is 16.4. The molecule has 1 aromatic heterocycles. The Labute approximate surface area is 90.6 Å². The molecular weight excluding hydrogens is 212 g/mol. The lowest BCUT2D eigenvalue weighted by Crippen LogP contribution is -2.28. The number of hydrogen-bond acceptors (Lipinski definition) is 3. The SMILES string of the molecule is CC(Cn1cccc(C(=O)O)c1=O)N=[N+]=[N-]. The molecule has 0 fully saturated rings. The third kappa shape index (κ3) is 2.61. The molecule has 0 saturated heterocycles. The summed E-state index contributed by atoms with van der Waals surface area (Å²) in [5.41, 5.74) is 7.31. The molecule has 1 heterocycles. The second-order valence-corrected chi connectivity index (χ2v) is 3.24. The van der Waals surface area contributed by atoms with Gasteiger partial charge in [-0.1, -0.05) is 12.0 Å². The Morgan fingerprint density at radius 1 is 1.75 bits per heavy atom. The maximum Gasteiger partial charge on any atom is 0.341 e. The van der Waals surface area contributed by atoms with Gasteiger partial charge in [0.05, 0.1) is 6.04 Å². The largest absolute Gasteiger partial charge is 0.477 e. The van der Waals surface area contributed by atoms with Crippen molar-refractivity contribution in [1.82, 2.24) is 4.57 Å². The minimum absolute atomic E-state index is 0.157. The van der Waals surface area contributed by atoms with Gasteiger partial charge in [-0.25, -0.2) is 4.79 Å². The molecule has 7 nitrogen and oxygen atoms in total. The van der Waals surface area contributed by atoms with Gasteiger partial charge in [-0.2, -0.15) is 0 Å². The fourth-order valence-corrected chi connectivity index (χ4v) is 1.25. The molecule has 0 spiro atoms.